The molecule has 1 heterocycles. The van der Waals surface area contributed by atoms with Crippen LogP contribution in [0.2, 0.25) is 0 Å². The van der Waals surface area contributed by atoms with Crippen LogP contribution in [-0.2, 0) is 41.1 Å². The van der Waals surface area contributed by atoms with Crippen LogP contribution in [0.15, 0.2) is 41.3 Å². The Morgan fingerprint density at radius 1 is 1.08 bits per heavy atom. The lowest BCUT2D eigenvalue weighted by Crippen LogP contribution is -2.24. The van der Waals surface area contributed by atoms with Crippen LogP contribution in [0.5, 0.6) is 0 Å². The van der Waals surface area contributed by atoms with E-state index in [4.69, 9.17) is 0 Å². The van der Waals surface area contributed by atoms with Crippen LogP contribution >= 0.6 is 0 Å². The van der Waals surface area contributed by atoms with E-state index in [9.17, 15) is 35.9 Å². The van der Waals surface area contributed by atoms with Gasteiger partial charge in [0.1, 0.15) is 17.3 Å². The molecule has 0 spiro atoms. The van der Waals surface area contributed by atoms with E-state index in [0.29, 0.717) is 17.1 Å². The Balaban J connectivity index is 1.96. The molecule has 2 aromatic carbocycles. The van der Waals surface area contributed by atoms with Crippen molar-refractivity contribution in [3.63, 3.8) is 0 Å². The number of sulfone groups is 1. The number of carbonyl (C=O) groups excluding carboxylic acids is 1. The number of hydrogen-bond acceptors (Lipinski definition) is 5. The highest BCUT2D eigenvalue weighted by Gasteiger charge is 2.38. The van der Waals surface area contributed by atoms with Gasteiger partial charge in [-0.3, -0.25) is 4.79 Å². The van der Waals surface area contributed by atoms with Gasteiger partial charge in [0.25, 0.3) is 5.91 Å². The first-order valence-corrected chi connectivity index (χ1v) is 13.8. The van der Waals surface area contributed by atoms with E-state index in [2.05, 4.69) is 10.3 Å². The Labute approximate surface area is 224 Å². The number of carbonyl (C=O) groups is 1. The van der Waals surface area contributed by atoms with Crippen molar-refractivity contribution < 1.29 is 35.9 Å². The van der Waals surface area contributed by atoms with E-state index in [1.54, 1.807) is 46.8 Å². The number of aliphatic hydroxyl groups is 1. The summed E-state index contributed by atoms with van der Waals surface area (Å²) in [6.07, 6.45) is -4.92. The van der Waals surface area contributed by atoms with Gasteiger partial charge in [-0.2, -0.15) is 13.2 Å². The fraction of sp³-hybridized carbons (Fsp3) is 0.407. The molecular weight excluding hydrogens is 538 g/mol. The summed E-state index contributed by atoms with van der Waals surface area (Å²) in [5.74, 6) is -1.41. The number of nitrogens with one attached hydrogen (secondary N) is 1. The number of benzene rings is 2. The van der Waals surface area contributed by atoms with Gasteiger partial charge in [-0.25, -0.2) is 17.8 Å². The van der Waals surface area contributed by atoms with Crippen molar-refractivity contribution >= 4 is 15.7 Å². The Morgan fingerprint density at radius 2 is 1.69 bits per heavy atom. The van der Waals surface area contributed by atoms with E-state index in [0.717, 1.165) is 12.1 Å². The number of amides is 1. The minimum Gasteiger partial charge on any atom is -0.392 e. The molecule has 212 valence electrons. The van der Waals surface area contributed by atoms with Crippen LogP contribution in [0, 0.1) is 12.7 Å². The molecule has 0 unspecified atom stereocenters. The second kappa shape index (κ2) is 11.1. The number of nitrogens with zero attached hydrogens (tertiary/aromatic N) is 2. The molecule has 0 fully saturated rings. The largest absolute Gasteiger partial charge is 0.417 e. The van der Waals surface area contributed by atoms with Crippen LogP contribution in [0.3, 0.4) is 0 Å². The second-order valence-electron chi connectivity index (χ2n) is 10.2. The number of rotatable bonds is 8. The molecule has 0 aliphatic carbocycles. The molecule has 12 heteroatoms. The number of aromatic nitrogens is 2. The monoisotopic (exact) mass is 569 g/mol. The van der Waals surface area contributed by atoms with Crippen LogP contribution in [0.1, 0.15) is 72.0 Å². The standard InChI is InChI=1S/C27H31F4N3O4S/c1-6-39(37,38)19-10-7-17(8-11-19)13-32-24(36)23-16(2)34(25(33-23)26(3,4)5)14-18-9-12-21(28)20(15-35)22(18)27(29,30)31/h7-12,35H,6,13-15H2,1-5H3,(H,32,36). The quantitative estimate of drug-likeness (QED) is 0.376. The van der Waals surface area contributed by atoms with E-state index in [-0.39, 0.29) is 35.0 Å². The maximum Gasteiger partial charge on any atom is 0.417 e. The number of hydrogen-bond donors (Lipinski definition) is 2. The minimum atomic E-state index is -4.92. The zero-order valence-corrected chi connectivity index (χ0v) is 23.1. The molecule has 2 N–H and O–H groups in total. The summed E-state index contributed by atoms with van der Waals surface area (Å²) in [7, 11) is -3.36. The van der Waals surface area contributed by atoms with Gasteiger partial charge in [-0.15, -0.1) is 0 Å². The normalized spacial score (nSPS) is 12.6. The number of imidazole rings is 1. The fourth-order valence-electron chi connectivity index (χ4n) is 4.24. The molecule has 0 saturated heterocycles. The molecule has 1 aromatic heterocycles. The third-order valence-electron chi connectivity index (χ3n) is 6.33. The Kier molecular flexibility index (Phi) is 8.61. The van der Waals surface area contributed by atoms with Gasteiger partial charge >= 0.3 is 6.18 Å². The summed E-state index contributed by atoms with van der Waals surface area (Å²) in [6, 6.07) is 7.98. The molecular formula is C27H31F4N3O4S. The summed E-state index contributed by atoms with van der Waals surface area (Å²) in [5.41, 5.74) is -2.06. The highest BCUT2D eigenvalue weighted by Crippen LogP contribution is 2.37. The molecule has 0 radical (unpaired) electrons. The number of halogens is 4. The number of alkyl halides is 3. The van der Waals surface area contributed by atoms with Crippen LogP contribution < -0.4 is 5.32 Å². The van der Waals surface area contributed by atoms with Crippen LogP contribution in [0.25, 0.3) is 0 Å². The van der Waals surface area contributed by atoms with Gasteiger partial charge < -0.3 is 15.0 Å². The van der Waals surface area contributed by atoms with Gasteiger partial charge in [0, 0.05) is 29.8 Å². The number of aliphatic hydroxyl groups excluding tert-OH is 1. The zero-order chi connectivity index (χ0) is 29.3. The van der Waals surface area contributed by atoms with E-state index in [1.807, 2.05) is 0 Å². The summed E-state index contributed by atoms with van der Waals surface area (Å²) < 4.78 is 81.4. The SMILES string of the molecule is CCS(=O)(=O)c1ccc(CNC(=O)c2nc(C(C)(C)C)n(Cc3ccc(F)c(CO)c3C(F)(F)F)c2C)cc1. The topological polar surface area (TPSA) is 101 Å². The summed E-state index contributed by atoms with van der Waals surface area (Å²) in [5, 5.41) is 12.2. The first-order valence-electron chi connectivity index (χ1n) is 12.2. The highest BCUT2D eigenvalue weighted by molar-refractivity contribution is 7.91. The van der Waals surface area contributed by atoms with Crippen LogP contribution in [0.4, 0.5) is 17.6 Å². The van der Waals surface area contributed by atoms with Crippen molar-refractivity contribution in [1.82, 2.24) is 14.9 Å². The first kappa shape index (κ1) is 30.3. The molecule has 0 aliphatic rings. The Hall–Kier alpha value is -3.25. The van der Waals surface area contributed by atoms with Crippen molar-refractivity contribution in [2.45, 2.75) is 70.8 Å². The lowest BCUT2D eigenvalue weighted by Gasteiger charge is -2.23. The average molecular weight is 570 g/mol. The van der Waals surface area contributed by atoms with Crippen LogP contribution in [-0.4, -0.2) is 34.7 Å². The summed E-state index contributed by atoms with van der Waals surface area (Å²) in [6.45, 7) is 7.09. The van der Waals surface area contributed by atoms with Gasteiger partial charge in [-0.1, -0.05) is 45.9 Å². The smallest absolute Gasteiger partial charge is 0.392 e. The lowest BCUT2D eigenvalue weighted by atomic mass is 9.95. The third kappa shape index (κ3) is 6.50. The van der Waals surface area contributed by atoms with Crippen molar-refractivity contribution in [3.8, 4) is 0 Å². The maximum atomic E-state index is 14.1. The third-order valence-corrected chi connectivity index (χ3v) is 8.08. The molecule has 7 nitrogen and oxygen atoms in total. The van der Waals surface area contributed by atoms with Gasteiger partial charge in [-0.05, 0) is 36.2 Å². The predicted molar refractivity (Wildman–Crippen MR) is 137 cm³/mol. The van der Waals surface area contributed by atoms with E-state index < -0.39 is 50.9 Å². The molecule has 1 amide bonds. The van der Waals surface area contributed by atoms with E-state index >= 15 is 0 Å². The fourth-order valence-corrected chi connectivity index (χ4v) is 5.13. The molecule has 3 aromatic rings. The van der Waals surface area contributed by atoms with Crippen molar-refractivity contribution in [3.05, 3.63) is 81.7 Å². The second-order valence-corrected chi connectivity index (χ2v) is 12.4. The maximum absolute atomic E-state index is 14.1. The average Bonchev–Trinajstić information content (AvgIpc) is 3.19. The van der Waals surface area contributed by atoms with Gasteiger partial charge in [0.2, 0.25) is 0 Å². The molecule has 0 saturated carbocycles. The lowest BCUT2D eigenvalue weighted by molar-refractivity contribution is -0.139. The first-order chi connectivity index (χ1) is 18.0. The summed E-state index contributed by atoms with van der Waals surface area (Å²) in [4.78, 5) is 17.7. The summed E-state index contributed by atoms with van der Waals surface area (Å²) >= 11 is 0. The molecule has 0 aliphatic heterocycles. The Bertz CT molecular complexity index is 1470. The molecule has 0 atom stereocenters. The highest BCUT2D eigenvalue weighted by atomic mass is 32.2. The van der Waals surface area contributed by atoms with Gasteiger partial charge in [0.05, 0.1) is 22.8 Å². The minimum absolute atomic E-state index is 0.0168. The zero-order valence-electron chi connectivity index (χ0n) is 22.3. The predicted octanol–water partition coefficient (Wildman–Crippen LogP) is 4.91. The van der Waals surface area contributed by atoms with Crippen molar-refractivity contribution in [2.75, 3.05) is 5.75 Å². The molecule has 3 rings (SSSR count). The molecule has 0 bridgehead atoms. The van der Waals surface area contributed by atoms with Crippen molar-refractivity contribution in [2.24, 2.45) is 0 Å². The Morgan fingerprint density at radius 3 is 2.21 bits per heavy atom. The van der Waals surface area contributed by atoms with Gasteiger partial charge in [0.15, 0.2) is 9.84 Å². The van der Waals surface area contributed by atoms with E-state index in [1.165, 1.54) is 16.7 Å². The van der Waals surface area contributed by atoms with Crippen molar-refractivity contribution in [1.29, 1.82) is 0 Å². The molecule has 39 heavy (non-hydrogen) atoms.